The van der Waals surface area contributed by atoms with Gasteiger partial charge in [0.05, 0.1) is 10.7 Å². The van der Waals surface area contributed by atoms with Crippen LogP contribution in [0.3, 0.4) is 0 Å². The van der Waals surface area contributed by atoms with E-state index in [1.54, 1.807) is 6.92 Å². The van der Waals surface area contributed by atoms with Gasteiger partial charge in [-0.3, -0.25) is 4.79 Å². The van der Waals surface area contributed by atoms with Crippen molar-refractivity contribution < 1.29 is 14.7 Å². The zero-order valence-corrected chi connectivity index (χ0v) is 12.3. The number of unbranched alkanes of at least 4 members (excludes halogenated alkanes) is 1. The lowest BCUT2D eigenvalue weighted by Crippen LogP contribution is -2.40. The lowest BCUT2D eigenvalue weighted by atomic mass is 10.1. The van der Waals surface area contributed by atoms with E-state index in [1.165, 1.54) is 11.3 Å². The maximum absolute atomic E-state index is 12.1. The lowest BCUT2D eigenvalue weighted by molar-refractivity contribution is -0.139. The third kappa shape index (κ3) is 4.31. The van der Waals surface area contributed by atoms with Gasteiger partial charge in [-0.1, -0.05) is 26.7 Å². The van der Waals surface area contributed by atoms with Crippen LogP contribution < -0.4 is 5.32 Å². The molecule has 1 heterocycles. The molecule has 0 saturated carbocycles. The average molecular weight is 284 g/mol. The topological polar surface area (TPSA) is 79.3 Å². The average Bonchev–Trinajstić information content (AvgIpc) is 2.75. The largest absolute Gasteiger partial charge is 0.480 e. The van der Waals surface area contributed by atoms with E-state index in [1.807, 2.05) is 13.8 Å². The first-order valence-corrected chi connectivity index (χ1v) is 7.31. The number of aryl methyl sites for hydroxylation is 2. The number of carbonyl (C=O) groups excluding carboxylic acids is 1. The number of carboxylic acids is 1. The van der Waals surface area contributed by atoms with Crippen LogP contribution in [0, 0.1) is 6.92 Å². The van der Waals surface area contributed by atoms with Crippen molar-refractivity contribution in [1.82, 2.24) is 10.3 Å². The van der Waals surface area contributed by atoms with Gasteiger partial charge in [-0.2, -0.15) is 0 Å². The summed E-state index contributed by atoms with van der Waals surface area (Å²) in [5, 5.41) is 12.6. The number of aromatic nitrogens is 1. The van der Waals surface area contributed by atoms with Gasteiger partial charge < -0.3 is 10.4 Å². The minimum Gasteiger partial charge on any atom is -0.480 e. The molecule has 6 heteroatoms. The van der Waals surface area contributed by atoms with Gasteiger partial charge in [0, 0.05) is 0 Å². The molecule has 0 saturated heterocycles. The second-order valence-corrected chi connectivity index (χ2v) is 5.47. The van der Waals surface area contributed by atoms with Gasteiger partial charge in [0.25, 0.3) is 5.91 Å². The van der Waals surface area contributed by atoms with Crippen molar-refractivity contribution in [2.24, 2.45) is 0 Å². The molecule has 1 atom stereocenters. The van der Waals surface area contributed by atoms with Crippen LogP contribution in [0.5, 0.6) is 0 Å². The number of thiazole rings is 1. The third-order valence-electron chi connectivity index (χ3n) is 2.80. The van der Waals surface area contributed by atoms with Gasteiger partial charge >= 0.3 is 5.97 Å². The van der Waals surface area contributed by atoms with E-state index >= 15 is 0 Å². The number of hydrogen-bond donors (Lipinski definition) is 2. The maximum atomic E-state index is 12.1. The third-order valence-corrected chi connectivity index (χ3v) is 4.10. The van der Waals surface area contributed by atoms with Crippen molar-refractivity contribution in [1.29, 1.82) is 0 Å². The molecule has 2 N–H and O–H groups in total. The summed E-state index contributed by atoms with van der Waals surface area (Å²) in [5.74, 6) is -1.32. The van der Waals surface area contributed by atoms with Gasteiger partial charge in [0.2, 0.25) is 0 Å². The molecule has 1 aromatic heterocycles. The number of hydrogen-bond acceptors (Lipinski definition) is 4. The molecule has 19 heavy (non-hydrogen) atoms. The normalized spacial score (nSPS) is 12.2. The second kappa shape index (κ2) is 7.23. The summed E-state index contributed by atoms with van der Waals surface area (Å²) in [6, 6.07) is -0.820. The summed E-state index contributed by atoms with van der Waals surface area (Å²) in [7, 11) is 0. The van der Waals surface area contributed by atoms with Crippen molar-refractivity contribution >= 4 is 23.2 Å². The van der Waals surface area contributed by atoms with Gasteiger partial charge in [-0.15, -0.1) is 11.3 Å². The molecule has 0 aromatic carbocycles. The summed E-state index contributed by atoms with van der Waals surface area (Å²) < 4.78 is 0. The number of amides is 1. The number of nitrogens with zero attached hydrogens (tertiary/aromatic N) is 1. The summed E-state index contributed by atoms with van der Waals surface area (Å²) in [4.78, 5) is 27.9. The number of carboxylic acid groups (broad SMARTS) is 1. The Balaban J connectivity index is 2.75. The van der Waals surface area contributed by atoms with E-state index < -0.39 is 12.0 Å². The Morgan fingerprint density at radius 2 is 2.11 bits per heavy atom. The molecule has 1 rings (SSSR count). The fraction of sp³-hybridized carbons (Fsp3) is 0.615. The minimum absolute atomic E-state index is 0.335. The molecular formula is C13H20N2O3S. The predicted molar refractivity (Wildman–Crippen MR) is 74.6 cm³/mol. The summed E-state index contributed by atoms with van der Waals surface area (Å²) in [5.41, 5.74) is 0.666. The fourth-order valence-electron chi connectivity index (χ4n) is 1.70. The van der Waals surface area contributed by atoms with Gasteiger partial charge in [-0.25, -0.2) is 9.78 Å². The molecule has 0 radical (unpaired) electrons. The summed E-state index contributed by atoms with van der Waals surface area (Å²) >= 11 is 1.33. The van der Waals surface area contributed by atoms with E-state index in [4.69, 9.17) is 5.11 Å². The van der Waals surface area contributed by atoms with E-state index in [-0.39, 0.29) is 5.91 Å². The van der Waals surface area contributed by atoms with Crippen LogP contribution in [0.25, 0.3) is 0 Å². The molecule has 0 bridgehead atoms. The Bertz CT molecular complexity index is 457. The van der Waals surface area contributed by atoms with Crippen LogP contribution in [0.15, 0.2) is 0 Å². The molecule has 0 spiro atoms. The Labute approximate surface area is 117 Å². The highest BCUT2D eigenvalue weighted by molar-refractivity contribution is 7.13. The minimum atomic E-state index is -0.986. The number of carbonyl (C=O) groups is 2. The fourth-order valence-corrected chi connectivity index (χ4v) is 2.61. The number of rotatable bonds is 7. The molecule has 1 aromatic rings. The van der Waals surface area contributed by atoms with Crippen molar-refractivity contribution in [2.45, 2.75) is 52.5 Å². The molecule has 0 unspecified atom stereocenters. The smallest absolute Gasteiger partial charge is 0.326 e. The standard InChI is InChI=1S/C13H20N2O3S/c1-4-6-7-9(13(17)18)15-12(16)11-8(3)14-10(5-2)19-11/h9H,4-7H2,1-3H3,(H,15,16)(H,17,18)/t9-/m0/s1. The molecule has 0 fully saturated rings. The van der Waals surface area contributed by atoms with Crippen LogP contribution >= 0.6 is 11.3 Å². The van der Waals surface area contributed by atoms with E-state index in [0.717, 1.165) is 24.3 Å². The highest BCUT2D eigenvalue weighted by Crippen LogP contribution is 2.18. The molecule has 106 valence electrons. The highest BCUT2D eigenvalue weighted by atomic mass is 32.1. The monoisotopic (exact) mass is 284 g/mol. The summed E-state index contributed by atoms with van der Waals surface area (Å²) in [6.45, 7) is 5.73. The first kappa shape index (κ1) is 15.6. The van der Waals surface area contributed by atoms with E-state index in [0.29, 0.717) is 17.0 Å². The number of nitrogens with one attached hydrogen (secondary N) is 1. The Kier molecular flexibility index (Phi) is 5.95. The van der Waals surface area contributed by atoms with Crippen LogP contribution in [0.2, 0.25) is 0 Å². The molecule has 1 amide bonds. The van der Waals surface area contributed by atoms with Gasteiger partial charge in [-0.05, 0) is 19.8 Å². The lowest BCUT2D eigenvalue weighted by Gasteiger charge is -2.13. The first-order valence-electron chi connectivity index (χ1n) is 6.49. The van der Waals surface area contributed by atoms with Crippen LogP contribution in [0.4, 0.5) is 0 Å². The maximum Gasteiger partial charge on any atom is 0.326 e. The zero-order chi connectivity index (χ0) is 14.4. The Morgan fingerprint density at radius 1 is 1.42 bits per heavy atom. The van der Waals surface area contributed by atoms with Gasteiger partial charge in [0.15, 0.2) is 0 Å². The van der Waals surface area contributed by atoms with Gasteiger partial charge in [0.1, 0.15) is 10.9 Å². The second-order valence-electron chi connectivity index (χ2n) is 4.38. The SMILES string of the molecule is CCCC[C@H](NC(=O)c1sc(CC)nc1C)C(=O)O. The van der Waals surface area contributed by atoms with Crippen molar-refractivity contribution in [3.63, 3.8) is 0 Å². The summed E-state index contributed by atoms with van der Waals surface area (Å²) in [6.07, 6.45) is 2.91. The van der Waals surface area contributed by atoms with E-state index in [2.05, 4.69) is 10.3 Å². The van der Waals surface area contributed by atoms with Crippen molar-refractivity contribution in [2.75, 3.05) is 0 Å². The molecular weight excluding hydrogens is 264 g/mol. The first-order chi connectivity index (χ1) is 8.99. The highest BCUT2D eigenvalue weighted by Gasteiger charge is 2.22. The predicted octanol–water partition coefficient (Wildman–Crippen LogP) is 2.39. The van der Waals surface area contributed by atoms with Crippen molar-refractivity contribution in [3.05, 3.63) is 15.6 Å². The zero-order valence-electron chi connectivity index (χ0n) is 11.5. The van der Waals surface area contributed by atoms with Crippen LogP contribution in [0.1, 0.15) is 53.5 Å². The van der Waals surface area contributed by atoms with Crippen molar-refractivity contribution in [3.8, 4) is 0 Å². The quantitative estimate of drug-likeness (QED) is 0.805. The molecule has 0 aliphatic rings. The van der Waals surface area contributed by atoms with Crippen LogP contribution in [-0.2, 0) is 11.2 Å². The molecule has 0 aliphatic heterocycles. The molecule has 0 aliphatic carbocycles. The Morgan fingerprint density at radius 3 is 2.58 bits per heavy atom. The van der Waals surface area contributed by atoms with E-state index in [9.17, 15) is 9.59 Å². The number of aliphatic carboxylic acids is 1. The Hall–Kier alpha value is -1.43. The molecule has 5 nitrogen and oxygen atoms in total. The van der Waals surface area contributed by atoms with Crippen LogP contribution in [-0.4, -0.2) is 28.0 Å².